The zero-order valence-corrected chi connectivity index (χ0v) is 64.4. The number of H-pyrrole nitrogens is 1. The normalized spacial score (nSPS) is 20.4. The molecule has 0 spiro atoms. The minimum Gasteiger partial charge on any atom is -0.372 e. The maximum absolute atomic E-state index is 13.1. The van der Waals surface area contributed by atoms with Crippen molar-refractivity contribution in [3.8, 4) is 0 Å². The SMILES string of the molecule is CCC1=Cc2ncc(CCl)cc2CC1=O.[C-]#[N+]c1ccc(N(C)C2CCC(NC(=O)c3ccc(N4CCC(CN5CCN(Cc6cnc7cc(CC)c(=O)[nH]c7c6)CC5)CC4)nn3)CC2)cc1Cl.[C-]#[N+]c1ccc(N(C)C2CCC(NC(=O)c3ccc(N4CCC(CN5CCNCC5)CC4)nn3)CC2)cc1Cl. The number of amides is 2. The number of rotatable bonds is 19. The van der Waals surface area contributed by atoms with Gasteiger partial charge in [-0.2, -0.15) is 0 Å². The third-order valence-corrected chi connectivity index (χ3v) is 23.6. The number of nitrogens with one attached hydrogen (secondary N) is 4. The molecule has 7 aromatic rings. The van der Waals surface area contributed by atoms with E-state index in [1.54, 1.807) is 30.5 Å². The number of pyridine rings is 3. The molecule has 107 heavy (non-hydrogen) atoms. The Hall–Kier alpha value is -8.65. The van der Waals surface area contributed by atoms with Crippen LogP contribution in [-0.2, 0) is 30.1 Å². The lowest BCUT2D eigenvalue weighted by molar-refractivity contribution is -0.115. The molecule has 7 aliphatic rings. The summed E-state index contributed by atoms with van der Waals surface area (Å²) < 4.78 is 0. The zero-order valence-electron chi connectivity index (χ0n) is 62.1. The molecule has 0 radical (unpaired) electrons. The molecule has 3 aliphatic carbocycles. The van der Waals surface area contributed by atoms with Gasteiger partial charge in [0.25, 0.3) is 17.4 Å². The molecular formula is C81H100Cl3N19O4. The number of fused-ring (bicyclic) bond motifs is 2. The van der Waals surface area contributed by atoms with Gasteiger partial charge < -0.3 is 50.3 Å². The summed E-state index contributed by atoms with van der Waals surface area (Å²) in [5.41, 5.74) is 11.0. The third-order valence-electron chi connectivity index (χ3n) is 22.7. The number of nitrogens with zero attached hydrogens (tertiary/aromatic N) is 15. The molecule has 2 aromatic carbocycles. The van der Waals surface area contributed by atoms with Gasteiger partial charge >= 0.3 is 0 Å². The fraction of sp³-hybridized carbons (Fsp3) is 0.506. The molecule has 4 saturated heterocycles. The van der Waals surface area contributed by atoms with E-state index in [4.69, 9.17) is 47.9 Å². The second-order valence-electron chi connectivity index (χ2n) is 29.6. The van der Waals surface area contributed by atoms with Gasteiger partial charge in [-0.05, 0) is 191 Å². The molecule has 0 unspecified atom stereocenters. The number of halogens is 3. The Balaban J connectivity index is 0.000000172. The molecule has 2 saturated carbocycles. The van der Waals surface area contributed by atoms with Gasteiger partial charge in [0.15, 0.2) is 28.8 Å². The summed E-state index contributed by atoms with van der Waals surface area (Å²) >= 11 is 18.2. The van der Waals surface area contributed by atoms with Crippen molar-refractivity contribution in [3.05, 3.63) is 179 Å². The Bertz CT molecular complexity index is 4370. The first-order valence-corrected chi connectivity index (χ1v) is 39.5. The number of benzene rings is 2. The minimum absolute atomic E-state index is 0.0201. The Morgan fingerprint density at radius 2 is 1.08 bits per heavy atom. The van der Waals surface area contributed by atoms with Gasteiger partial charge in [-0.3, -0.25) is 34.0 Å². The van der Waals surface area contributed by atoms with E-state index in [9.17, 15) is 19.2 Å². The van der Waals surface area contributed by atoms with Crippen LogP contribution in [0.2, 0.25) is 10.0 Å². The number of alkyl halides is 1. The van der Waals surface area contributed by atoms with Crippen LogP contribution >= 0.6 is 34.8 Å². The number of hydrogen-bond donors (Lipinski definition) is 4. The highest BCUT2D eigenvalue weighted by atomic mass is 35.5. The number of carbonyl (C=O) groups is 3. The number of aromatic amines is 1. The van der Waals surface area contributed by atoms with Crippen molar-refractivity contribution in [1.82, 2.24) is 66.0 Å². The molecule has 4 N–H and O–H groups in total. The number of aromatic nitrogens is 7. The highest BCUT2D eigenvalue weighted by molar-refractivity contribution is 6.34. The third kappa shape index (κ3) is 20.6. The maximum atomic E-state index is 13.1. The van der Waals surface area contributed by atoms with Crippen LogP contribution in [0.3, 0.4) is 0 Å². The van der Waals surface area contributed by atoms with Crippen LogP contribution in [0.4, 0.5) is 34.4 Å². The van der Waals surface area contributed by atoms with E-state index < -0.39 is 0 Å². The van der Waals surface area contributed by atoms with E-state index in [2.05, 4.69) is 115 Å². The van der Waals surface area contributed by atoms with Gasteiger partial charge in [-0.15, -0.1) is 32.0 Å². The molecule has 9 heterocycles. The zero-order chi connectivity index (χ0) is 74.9. The van der Waals surface area contributed by atoms with Gasteiger partial charge in [-0.1, -0.05) is 55.2 Å². The molecule has 5 aromatic heterocycles. The first-order chi connectivity index (χ1) is 52.0. The molecule has 564 valence electrons. The summed E-state index contributed by atoms with van der Waals surface area (Å²) in [6.45, 7) is 34.1. The molecule has 23 nitrogen and oxygen atoms in total. The van der Waals surface area contributed by atoms with Crippen LogP contribution in [0, 0.1) is 25.0 Å². The fourth-order valence-electron chi connectivity index (χ4n) is 16.0. The van der Waals surface area contributed by atoms with Crippen LogP contribution in [0.25, 0.3) is 26.8 Å². The van der Waals surface area contributed by atoms with Crippen LogP contribution in [0.1, 0.15) is 146 Å². The van der Waals surface area contributed by atoms with E-state index in [-0.39, 0.29) is 35.2 Å². The van der Waals surface area contributed by atoms with Gasteiger partial charge in [0.05, 0.1) is 29.9 Å². The molecule has 6 fully saturated rings. The highest BCUT2D eigenvalue weighted by Crippen LogP contribution is 2.36. The molecule has 26 heteroatoms. The van der Waals surface area contributed by atoms with E-state index in [0.717, 1.165) is 236 Å². The quantitative estimate of drug-likeness (QED) is 0.0436. The molecular weight excluding hydrogens is 1410 g/mol. The number of ketones is 1. The van der Waals surface area contributed by atoms with Gasteiger partial charge in [0, 0.05) is 188 Å². The molecule has 14 rings (SSSR count). The fourth-order valence-corrected chi connectivity index (χ4v) is 16.5. The van der Waals surface area contributed by atoms with Crippen molar-refractivity contribution in [3.63, 3.8) is 0 Å². The Morgan fingerprint density at radius 3 is 1.55 bits per heavy atom. The van der Waals surface area contributed by atoms with E-state index in [1.165, 1.54) is 19.4 Å². The maximum Gasteiger partial charge on any atom is 0.272 e. The number of allylic oxidation sites excluding steroid dienone is 1. The first-order valence-electron chi connectivity index (χ1n) is 38.3. The van der Waals surface area contributed by atoms with Crippen molar-refractivity contribution in [2.45, 2.75) is 147 Å². The van der Waals surface area contributed by atoms with Crippen LogP contribution in [0.5, 0.6) is 0 Å². The van der Waals surface area contributed by atoms with Gasteiger partial charge in [-0.25, -0.2) is 9.69 Å². The predicted molar refractivity (Wildman–Crippen MR) is 427 cm³/mol. The standard InChI is InChI=1S/C40H49ClN10O2.C29H39ClN8O.C12H12ClNO/c1-4-29-22-36-37(45-39(29)52)21-28(24-43-36)26-50-19-17-49(18-20-50)25-27-13-15-51(16-14-27)38-12-11-35(46-47-38)40(53)44-30-5-7-31(8-6-30)48(3)32-9-10-34(42-2)33(41)23-32;1-31-26-8-7-24(19-25(26)30)36(2)23-5-3-22(4-6-23)33-29(39)27-9-10-28(35-34-27)38-15-11-21(12-16-38)20-37-17-13-32-14-18-37;1-2-9-4-11-10(5-12(9)15)3-8(6-13)7-14-11/h9-12,21-24,27,30-31H,4-8,13-20,25-26H2,1,3H3,(H,44,53)(H,45,52);7-10,19,21-23,32H,3-6,11-18,20H2,2H3,(H,33,39);3-4,7H,2,5-6H2,1H3. The molecule has 0 atom stereocenters. The summed E-state index contributed by atoms with van der Waals surface area (Å²) in [6.07, 6.45) is 19.5. The minimum atomic E-state index is -0.169. The van der Waals surface area contributed by atoms with Crippen LogP contribution < -0.4 is 41.1 Å². The lowest BCUT2D eigenvalue weighted by Gasteiger charge is -2.39. The number of carbonyl (C=O) groups excluding carboxylic acids is 3. The number of Topliss-reactive ketones (excluding diaryl/α,β-unsaturated/α-hetero) is 1. The molecule has 0 bridgehead atoms. The summed E-state index contributed by atoms with van der Waals surface area (Å²) in [5.74, 6) is 3.43. The number of hydrogen-bond acceptors (Lipinski definition) is 18. The number of piperidine rings is 2. The van der Waals surface area contributed by atoms with Crippen molar-refractivity contribution in [1.29, 1.82) is 0 Å². The van der Waals surface area contributed by atoms with Gasteiger partial charge in [0.1, 0.15) is 0 Å². The average molecular weight is 1510 g/mol. The van der Waals surface area contributed by atoms with Crippen LogP contribution in [0.15, 0.2) is 102 Å². The smallest absolute Gasteiger partial charge is 0.272 e. The lowest BCUT2D eigenvalue weighted by atomic mass is 9.90. The second-order valence-corrected chi connectivity index (χ2v) is 30.7. The van der Waals surface area contributed by atoms with E-state index in [1.807, 2.05) is 74.7 Å². The van der Waals surface area contributed by atoms with Crippen LogP contribution in [-0.4, -0.2) is 198 Å². The molecule has 4 aliphatic heterocycles. The van der Waals surface area contributed by atoms with Gasteiger partial charge in [0.2, 0.25) is 11.4 Å². The topological polar surface area (TPSA) is 229 Å². The van der Waals surface area contributed by atoms with Crippen molar-refractivity contribution in [2.75, 3.05) is 125 Å². The Morgan fingerprint density at radius 1 is 0.579 bits per heavy atom. The monoisotopic (exact) mass is 1510 g/mol. The second kappa shape index (κ2) is 37.4. The van der Waals surface area contributed by atoms with Crippen molar-refractivity contribution >= 4 is 104 Å². The summed E-state index contributed by atoms with van der Waals surface area (Å²) in [6, 6.07) is 25.5. The number of anilines is 4. The Labute approximate surface area is 643 Å². The predicted octanol–water partition coefficient (Wildman–Crippen LogP) is 12.4. The van der Waals surface area contributed by atoms with E-state index >= 15 is 0 Å². The summed E-state index contributed by atoms with van der Waals surface area (Å²) in [5, 5.41) is 28.2. The highest BCUT2D eigenvalue weighted by Gasteiger charge is 2.31. The number of aryl methyl sites for hydroxylation is 1. The van der Waals surface area contributed by atoms with E-state index in [0.29, 0.717) is 69.5 Å². The largest absolute Gasteiger partial charge is 0.372 e. The average Bonchev–Trinajstić information content (AvgIpc) is 0.817. The molecule has 2 amide bonds. The van der Waals surface area contributed by atoms with Crippen molar-refractivity contribution < 1.29 is 14.4 Å². The Kier molecular flexibility index (Phi) is 27.3. The summed E-state index contributed by atoms with van der Waals surface area (Å²) in [7, 11) is 4.13. The lowest BCUT2D eigenvalue weighted by Crippen LogP contribution is -2.48. The summed E-state index contributed by atoms with van der Waals surface area (Å²) in [4.78, 5) is 85.4. The van der Waals surface area contributed by atoms with Crippen molar-refractivity contribution in [2.24, 2.45) is 11.8 Å². The number of piperazine rings is 2. The first kappa shape index (κ1) is 77.9.